The second-order valence-corrected chi connectivity index (χ2v) is 7.93. The Morgan fingerprint density at radius 3 is 2.45 bits per heavy atom. The number of ether oxygens (including phenoxy) is 2. The first kappa shape index (κ1) is 25.3. The van der Waals surface area contributed by atoms with Crippen molar-refractivity contribution < 1.29 is 19.4 Å². The predicted molar refractivity (Wildman–Crippen MR) is 124 cm³/mol. The highest BCUT2D eigenvalue weighted by molar-refractivity contribution is 14.0. The molecule has 0 spiro atoms. The minimum Gasteiger partial charge on any atom is -0.491 e. The quantitative estimate of drug-likeness (QED) is 0.351. The molecular weight excluding hydrogens is 487 g/mol. The van der Waals surface area contributed by atoms with Gasteiger partial charge in [0.05, 0.1) is 6.54 Å². The predicted octanol–water partition coefficient (Wildman–Crippen LogP) is 2.22. The van der Waals surface area contributed by atoms with Gasteiger partial charge in [0.15, 0.2) is 5.96 Å². The summed E-state index contributed by atoms with van der Waals surface area (Å²) in [6, 6.07) is 7.65. The molecule has 9 heteroatoms. The number of carbonyl (C=O) groups is 1. The van der Waals surface area contributed by atoms with E-state index >= 15 is 0 Å². The van der Waals surface area contributed by atoms with E-state index < -0.39 is 11.7 Å². The zero-order valence-electron chi connectivity index (χ0n) is 17.6. The molecule has 0 aliphatic carbocycles. The number of hydrogen-bond donors (Lipinski definition) is 2. The van der Waals surface area contributed by atoms with Crippen molar-refractivity contribution in [3.8, 4) is 5.75 Å². The third-order valence-corrected chi connectivity index (χ3v) is 4.15. The molecule has 1 aromatic rings. The van der Waals surface area contributed by atoms with E-state index in [1.807, 2.05) is 56.9 Å². The molecular formula is C20H33IN4O4. The van der Waals surface area contributed by atoms with Gasteiger partial charge in [0.2, 0.25) is 0 Å². The number of benzene rings is 1. The lowest BCUT2D eigenvalue weighted by atomic mass is 10.2. The summed E-state index contributed by atoms with van der Waals surface area (Å²) in [5.74, 6) is 1.08. The zero-order chi connectivity index (χ0) is 20.7. The zero-order valence-corrected chi connectivity index (χ0v) is 20.0. The van der Waals surface area contributed by atoms with Crippen LogP contribution in [0.25, 0.3) is 0 Å². The number of carbonyl (C=O) groups excluding carboxylic acids is 1. The monoisotopic (exact) mass is 520 g/mol. The molecule has 8 nitrogen and oxygen atoms in total. The van der Waals surface area contributed by atoms with Crippen LogP contribution in [-0.2, 0) is 4.74 Å². The van der Waals surface area contributed by atoms with Crippen LogP contribution in [0.4, 0.5) is 4.79 Å². The van der Waals surface area contributed by atoms with Crippen molar-refractivity contribution in [3.63, 3.8) is 0 Å². The van der Waals surface area contributed by atoms with E-state index in [9.17, 15) is 9.90 Å². The molecule has 1 saturated heterocycles. The number of piperazine rings is 1. The van der Waals surface area contributed by atoms with Crippen LogP contribution < -0.4 is 10.5 Å². The Morgan fingerprint density at radius 1 is 1.24 bits per heavy atom. The van der Waals surface area contributed by atoms with E-state index in [4.69, 9.17) is 15.2 Å². The molecule has 0 bridgehead atoms. The van der Waals surface area contributed by atoms with Crippen LogP contribution in [0.5, 0.6) is 5.75 Å². The number of hydrogen-bond acceptors (Lipinski definition) is 5. The number of rotatable bonds is 5. The molecule has 1 aliphatic rings. The van der Waals surface area contributed by atoms with E-state index in [1.165, 1.54) is 0 Å². The minimum absolute atomic E-state index is 0. The van der Waals surface area contributed by atoms with Gasteiger partial charge in [-0.1, -0.05) is 12.1 Å². The van der Waals surface area contributed by atoms with Gasteiger partial charge < -0.3 is 30.1 Å². The Balaban J connectivity index is 0.00000420. The van der Waals surface area contributed by atoms with Gasteiger partial charge in [-0.05, 0) is 45.4 Å². The maximum Gasteiger partial charge on any atom is 0.410 e. The molecule has 2 rings (SSSR count). The van der Waals surface area contributed by atoms with Crippen molar-refractivity contribution >= 4 is 36.0 Å². The fourth-order valence-corrected chi connectivity index (χ4v) is 2.69. The first-order chi connectivity index (χ1) is 13.1. The summed E-state index contributed by atoms with van der Waals surface area (Å²) in [7, 11) is 0. The highest BCUT2D eigenvalue weighted by Gasteiger charge is 2.26. The van der Waals surface area contributed by atoms with E-state index in [1.54, 1.807) is 4.90 Å². The van der Waals surface area contributed by atoms with Crippen molar-refractivity contribution in [1.82, 2.24) is 9.80 Å². The van der Waals surface area contributed by atoms with Crippen LogP contribution in [0.3, 0.4) is 0 Å². The number of halogens is 1. The van der Waals surface area contributed by atoms with Crippen LogP contribution >= 0.6 is 24.0 Å². The summed E-state index contributed by atoms with van der Waals surface area (Å²) in [6.45, 7) is 10.0. The summed E-state index contributed by atoms with van der Waals surface area (Å²) >= 11 is 0. The highest BCUT2D eigenvalue weighted by atomic mass is 127. The molecule has 1 aromatic carbocycles. The van der Waals surface area contributed by atoms with Crippen molar-refractivity contribution in [2.45, 2.75) is 39.4 Å². The second-order valence-electron chi connectivity index (χ2n) is 7.93. The van der Waals surface area contributed by atoms with Crippen LogP contribution in [0.15, 0.2) is 29.3 Å². The van der Waals surface area contributed by atoms with Gasteiger partial charge >= 0.3 is 6.09 Å². The van der Waals surface area contributed by atoms with Gasteiger partial charge in [-0.3, -0.25) is 4.99 Å². The SMILES string of the molecule is Cc1cccc(OCC(O)CN=C(N)N2CCN(C(=O)OC(C)(C)C)CC2)c1.I. The molecule has 0 aromatic heterocycles. The average Bonchev–Trinajstić information content (AvgIpc) is 2.63. The smallest absolute Gasteiger partial charge is 0.410 e. The van der Waals surface area contributed by atoms with E-state index in [2.05, 4.69) is 4.99 Å². The molecule has 1 atom stereocenters. The van der Waals surface area contributed by atoms with Crippen molar-refractivity contribution in [3.05, 3.63) is 29.8 Å². The highest BCUT2D eigenvalue weighted by Crippen LogP contribution is 2.13. The van der Waals surface area contributed by atoms with E-state index in [0.717, 1.165) is 5.56 Å². The first-order valence-corrected chi connectivity index (χ1v) is 9.54. The second kappa shape index (κ2) is 11.4. The van der Waals surface area contributed by atoms with Crippen molar-refractivity contribution in [2.75, 3.05) is 39.3 Å². The number of aryl methyl sites for hydroxylation is 1. The topological polar surface area (TPSA) is 101 Å². The van der Waals surface area contributed by atoms with E-state index in [0.29, 0.717) is 37.9 Å². The number of aliphatic hydroxyl groups excluding tert-OH is 1. The number of aliphatic hydroxyl groups is 1. The van der Waals surface area contributed by atoms with Crippen LogP contribution in [0.2, 0.25) is 0 Å². The average molecular weight is 520 g/mol. The number of nitrogens with two attached hydrogens (primary N) is 1. The number of guanidine groups is 1. The standard InChI is InChI=1S/C20H32N4O4.HI/c1-15-6-5-7-17(12-15)27-14-16(25)13-22-18(21)23-8-10-24(11-9-23)19(26)28-20(2,3)4;/h5-7,12,16,25H,8-11,13-14H2,1-4H3,(H2,21,22);1H. The lowest BCUT2D eigenvalue weighted by Crippen LogP contribution is -2.53. The Hall–Kier alpha value is -1.75. The van der Waals surface area contributed by atoms with Gasteiger partial charge in [0.25, 0.3) is 0 Å². The molecule has 0 saturated carbocycles. The normalized spacial score (nSPS) is 16.1. The summed E-state index contributed by atoms with van der Waals surface area (Å²) in [6.07, 6.45) is -1.06. The molecule has 164 valence electrons. The minimum atomic E-state index is -0.748. The third kappa shape index (κ3) is 9.07. The fourth-order valence-electron chi connectivity index (χ4n) is 2.69. The summed E-state index contributed by atoms with van der Waals surface area (Å²) < 4.78 is 11.0. The van der Waals surface area contributed by atoms with Crippen LogP contribution in [0.1, 0.15) is 26.3 Å². The van der Waals surface area contributed by atoms with Crippen molar-refractivity contribution in [1.29, 1.82) is 0 Å². The Bertz CT molecular complexity index is 685. The summed E-state index contributed by atoms with van der Waals surface area (Å²) in [5.41, 5.74) is 6.62. The fraction of sp³-hybridized carbons (Fsp3) is 0.600. The molecule has 1 unspecified atom stereocenters. The van der Waals surface area contributed by atoms with Crippen molar-refractivity contribution in [2.24, 2.45) is 10.7 Å². The molecule has 1 amide bonds. The molecule has 29 heavy (non-hydrogen) atoms. The maximum absolute atomic E-state index is 12.1. The molecule has 1 aliphatic heterocycles. The maximum atomic E-state index is 12.1. The molecule has 3 N–H and O–H groups in total. The van der Waals surface area contributed by atoms with Gasteiger partial charge in [-0.25, -0.2) is 4.79 Å². The number of amides is 1. The number of nitrogens with zero attached hydrogens (tertiary/aromatic N) is 3. The molecule has 0 radical (unpaired) electrons. The van der Waals surface area contributed by atoms with Gasteiger partial charge in [0, 0.05) is 26.2 Å². The Morgan fingerprint density at radius 2 is 1.86 bits per heavy atom. The van der Waals surface area contributed by atoms with Crippen LogP contribution in [-0.4, -0.2) is 78.0 Å². The summed E-state index contributed by atoms with van der Waals surface area (Å²) in [4.78, 5) is 19.9. The number of aliphatic imine (C=N–C) groups is 1. The summed E-state index contributed by atoms with van der Waals surface area (Å²) in [5, 5.41) is 10.1. The van der Waals surface area contributed by atoms with Gasteiger partial charge in [0.1, 0.15) is 24.1 Å². The Labute approximate surface area is 190 Å². The van der Waals surface area contributed by atoms with Crippen LogP contribution in [0, 0.1) is 6.92 Å². The molecule has 1 heterocycles. The molecule has 1 fully saturated rings. The largest absolute Gasteiger partial charge is 0.491 e. The van der Waals surface area contributed by atoms with Gasteiger partial charge in [-0.2, -0.15) is 0 Å². The Kier molecular flexibility index (Phi) is 9.97. The van der Waals surface area contributed by atoms with E-state index in [-0.39, 0.29) is 43.2 Å². The first-order valence-electron chi connectivity index (χ1n) is 9.54. The third-order valence-electron chi connectivity index (χ3n) is 4.15. The lowest BCUT2D eigenvalue weighted by molar-refractivity contribution is 0.0186. The lowest BCUT2D eigenvalue weighted by Gasteiger charge is -2.36. The van der Waals surface area contributed by atoms with Gasteiger partial charge in [-0.15, -0.1) is 24.0 Å².